The van der Waals surface area contributed by atoms with Gasteiger partial charge in [-0.15, -0.1) is 0 Å². The summed E-state index contributed by atoms with van der Waals surface area (Å²) >= 11 is 0. The molecule has 0 spiro atoms. The number of rotatable bonds is 6. The molecule has 3 heteroatoms. The van der Waals surface area contributed by atoms with Crippen molar-refractivity contribution in [2.45, 2.75) is 45.6 Å². The number of benzene rings is 1. The Hall–Kier alpha value is -2.16. The molecule has 0 bridgehead atoms. The van der Waals surface area contributed by atoms with Crippen LogP contribution in [0, 0.1) is 0 Å². The maximum absolute atomic E-state index is 6.42. The molecule has 23 heavy (non-hydrogen) atoms. The van der Waals surface area contributed by atoms with Gasteiger partial charge in [0.25, 0.3) is 0 Å². The van der Waals surface area contributed by atoms with Gasteiger partial charge in [-0.25, -0.2) is 0 Å². The van der Waals surface area contributed by atoms with Crippen LogP contribution < -0.4 is 5.73 Å². The minimum atomic E-state index is 0.204. The molecule has 0 saturated carbocycles. The number of aryl methyl sites for hydroxylation is 1. The smallest absolute Gasteiger partial charge is 0.0687 e. The predicted molar refractivity (Wildman–Crippen MR) is 103 cm³/mol. The van der Waals surface area contributed by atoms with Crippen molar-refractivity contribution >= 4 is 23.7 Å². The van der Waals surface area contributed by atoms with Crippen LogP contribution >= 0.6 is 0 Å². The summed E-state index contributed by atoms with van der Waals surface area (Å²) in [5.41, 5.74) is 12.0. The van der Waals surface area contributed by atoms with E-state index in [1.165, 1.54) is 11.1 Å². The van der Waals surface area contributed by atoms with Gasteiger partial charge in [-0.1, -0.05) is 50.3 Å². The van der Waals surface area contributed by atoms with Crippen molar-refractivity contribution in [3.63, 3.8) is 0 Å². The van der Waals surface area contributed by atoms with Gasteiger partial charge in [-0.05, 0) is 42.9 Å². The van der Waals surface area contributed by atoms with Gasteiger partial charge in [0.2, 0.25) is 0 Å². The second kappa shape index (κ2) is 8.47. The number of nitrogen functional groups attached to an aromatic ring is 1. The molecule has 0 aliphatic carbocycles. The minimum Gasteiger partial charge on any atom is -0.398 e. The van der Waals surface area contributed by atoms with Crippen molar-refractivity contribution < 1.29 is 0 Å². The monoisotopic (exact) mass is 309 g/mol. The number of nitrogens with two attached hydrogens (primary N) is 1. The van der Waals surface area contributed by atoms with Gasteiger partial charge in [0.1, 0.15) is 0 Å². The van der Waals surface area contributed by atoms with E-state index in [1.807, 2.05) is 19.2 Å². The summed E-state index contributed by atoms with van der Waals surface area (Å²) in [6.07, 6.45) is 12.0. The predicted octanol–water partition coefficient (Wildman–Crippen LogP) is 4.27. The Morgan fingerprint density at radius 2 is 2.17 bits per heavy atom. The first kappa shape index (κ1) is 17.2. The molecule has 0 saturated heterocycles. The lowest BCUT2D eigenvalue weighted by Crippen LogP contribution is -2.10. The standard InChI is InChI=1S/C20H27N3/c1-4-7-19-16(5-2)9-10-17(20(19)21)11-12-18-8-6-13-22-14-15(3)23-18/h5-6,8-10,14,18H,2,4,7,11-13,21H2,1,3H3/b8-6+,22-14?,23-15?. The van der Waals surface area contributed by atoms with Crippen molar-refractivity contribution in [3.8, 4) is 0 Å². The molecule has 1 aromatic carbocycles. The lowest BCUT2D eigenvalue weighted by Gasteiger charge is -2.15. The average Bonchev–Trinajstić information content (AvgIpc) is 2.52. The van der Waals surface area contributed by atoms with E-state index < -0.39 is 0 Å². The third kappa shape index (κ3) is 4.65. The zero-order chi connectivity index (χ0) is 16.7. The maximum Gasteiger partial charge on any atom is 0.0687 e. The topological polar surface area (TPSA) is 50.7 Å². The quantitative estimate of drug-likeness (QED) is 0.619. The van der Waals surface area contributed by atoms with E-state index in [1.54, 1.807) is 0 Å². The highest BCUT2D eigenvalue weighted by atomic mass is 14.8. The number of hydrogen-bond acceptors (Lipinski definition) is 3. The molecule has 3 nitrogen and oxygen atoms in total. The number of anilines is 1. The highest BCUT2D eigenvalue weighted by molar-refractivity contribution is 6.29. The zero-order valence-electron chi connectivity index (χ0n) is 14.3. The normalized spacial score (nSPS) is 18.9. The molecule has 2 rings (SSSR count). The van der Waals surface area contributed by atoms with E-state index in [9.17, 15) is 0 Å². The SMILES string of the molecule is C=Cc1ccc(CCC2/C=C/CN=CC(C)=N2)c(N)c1CCC. The Bertz CT molecular complexity index is 639. The van der Waals surface area contributed by atoms with Crippen LogP contribution in [0.2, 0.25) is 0 Å². The second-order valence-electron chi connectivity index (χ2n) is 5.96. The van der Waals surface area contributed by atoms with E-state index in [4.69, 9.17) is 10.7 Å². The van der Waals surface area contributed by atoms with Gasteiger partial charge >= 0.3 is 0 Å². The van der Waals surface area contributed by atoms with Crippen molar-refractivity contribution in [1.29, 1.82) is 0 Å². The molecule has 1 heterocycles. The molecular formula is C20H27N3. The lowest BCUT2D eigenvalue weighted by atomic mass is 9.94. The van der Waals surface area contributed by atoms with Gasteiger partial charge < -0.3 is 5.73 Å². The average molecular weight is 309 g/mol. The molecule has 1 unspecified atom stereocenters. The van der Waals surface area contributed by atoms with Crippen LogP contribution in [0.5, 0.6) is 0 Å². The highest BCUT2D eigenvalue weighted by Gasteiger charge is 2.11. The first-order valence-corrected chi connectivity index (χ1v) is 8.39. The third-order valence-electron chi connectivity index (χ3n) is 4.13. The molecule has 0 radical (unpaired) electrons. The Kier molecular flexibility index (Phi) is 6.33. The molecular weight excluding hydrogens is 282 g/mol. The van der Waals surface area contributed by atoms with Gasteiger partial charge in [-0.3, -0.25) is 9.98 Å². The molecule has 0 fully saturated rings. The van der Waals surface area contributed by atoms with E-state index in [-0.39, 0.29) is 6.04 Å². The highest BCUT2D eigenvalue weighted by Crippen LogP contribution is 2.26. The van der Waals surface area contributed by atoms with Crippen LogP contribution in [0.1, 0.15) is 43.4 Å². The molecule has 0 aromatic heterocycles. The van der Waals surface area contributed by atoms with Crippen molar-refractivity contribution in [3.05, 3.63) is 47.6 Å². The van der Waals surface area contributed by atoms with Crippen molar-refractivity contribution in [2.75, 3.05) is 12.3 Å². The van der Waals surface area contributed by atoms with Crippen LogP contribution in [-0.2, 0) is 12.8 Å². The Morgan fingerprint density at radius 1 is 1.35 bits per heavy atom. The second-order valence-corrected chi connectivity index (χ2v) is 5.96. The molecule has 2 N–H and O–H groups in total. The van der Waals surface area contributed by atoms with E-state index in [0.29, 0.717) is 0 Å². The summed E-state index contributed by atoms with van der Waals surface area (Å²) in [5.74, 6) is 0. The fourth-order valence-corrected chi connectivity index (χ4v) is 2.93. The van der Waals surface area contributed by atoms with Crippen LogP contribution in [0.25, 0.3) is 6.08 Å². The van der Waals surface area contributed by atoms with Crippen LogP contribution in [0.3, 0.4) is 0 Å². The van der Waals surface area contributed by atoms with Gasteiger partial charge in [-0.2, -0.15) is 0 Å². The Balaban J connectivity index is 2.15. The van der Waals surface area contributed by atoms with Crippen molar-refractivity contribution in [2.24, 2.45) is 9.98 Å². The van der Waals surface area contributed by atoms with Gasteiger partial charge in [0, 0.05) is 11.9 Å². The van der Waals surface area contributed by atoms with Crippen LogP contribution in [0.4, 0.5) is 5.69 Å². The number of hydrogen-bond donors (Lipinski definition) is 1. The van der Waals surface area contributed by atoms with E-state index in [0.717, 1.165) is 49.2 Å². The molecule has 1 aromatic rings. The molecule has 122 valence electrons. The summed E-state index contributed by atoms with van der Waals surface area (Å²) in [7, 11) is 0. The van der Waals surface area contributed by atoms with E-state index in [2.05, 4.69) is 42.8 Å². The first-order chi connectivity index (χ1) is 11.2. The summed E-state index contributed by atoms with van der Waals surface area (Å²) in [6, 6.07) is 4.48. The number of nitrogens with zero attached hydrogens (tertiary/aromatic N) is 2. The van der Waals surface area contributed by atoms with E-state index >= 15 is 0 Å². The van der Waals surface area contributed by atoms with Crippen molar-refractivity contribution in [1.82, 2.24) is 0 Å². The molecule has 0 amide bonds. The molecule has 1 atom stereocenters. The third-order valence-corrected chi connectivity index (χ3v) is 4.13. The van der Waals surface area contributed by atoms with Gasteiger partial charge in [0.15, 0.2) is 0 Å². The van der Waals surface area contributed by atoms with Gasteiger partial charge in [0.05, 0.1) is 18.3 Å². The summed E-state index contributed by atoms with van der Waals surface area (Å²) in [6.45, 7) is 8.81. The summed E-state index contributed by atoms with van der Waals surface area (Å²) < 4.78 is 0. The summed E-state index contributed by atoms with van der Waals surface area (Å²) in [5, 5.41) is 0. The largest absolute Gasteiger partial charge is 0.398 e. The fourth-order valence-electron chi connectivity index (χ4n) is 2.93. The van der Waals surface area contributed by atoms with Crippen LogP contribution in [0.15, 0.2) is 40.8 Å². The number of aliphatic imine (C=N–C) groups is 2. The molecule has 1 aliphatic rings. The van der Waals surface area contributed by atoms with Crippen LogP contribution in [-0.4, -0.2) is 24.5 Å². The Labute approximate surface area is 139 Å². The Morgan fingerprint density at radius 3 is 2.91 bits per heavy atom. The maximum atomic E-state index is 6.42. The minimum absolute atomic E-state index is 0.204. The lowest BCUT2D eigenvalue weighted by molar-refractivity contribution is 0.721. The first-order valence-electron chi connectivity index (χ1n) is 8.39. The molecule has 1 aliphatic heterocycles. The zero-order valence-corrected chi connectivity index (χ0v) is 14.3. The summed E-state index contributed by atoms with van der Waals surface area (Å²) in [4.78, 5) is 8.95. The fraction of sp³-hybridized carbons (Fsp3) is 0.400.